The van der Waals surface area contributed by atoms with Crippen LogP contribution in [-0.2, 0) is 0 Å². The van der Waals surface area contributed by atoms with Gasteiger partial charge in [-0.3, -0.25) is 9.78 Å². The molecule has 0 saturated carbocycles. The fraction of sp³-hybridized carbons (Fsp3) is 0.286. The van der Waals surface area contributed by atoms with Crippen LogP contribution in [0.2, 0.25) is 0 Å². The number of aromatic nitrogens is 2. The minimum absolute atomic E-state index is 0.0510. The number of anilines is 1. The number of nitrogen functional groups attached to an aromatic ring is 1. The average Bonchev–Trinajstić information content (AvgIpc) is 2.14. The Balaban J connectivity index is 3.13. The molecule has 0 amide bonds. The summed E-state index contributed by atoms with van der Waals surface area (Å²) in [6.07, 6.45) is 0. The number of nitrogens with one attached hydrogen (secondary N) is 1. The van der Waals surface area contributed by atoms with Crippen molar-refractivity contribution in [3.8, 4) is 11.9 Å². The van der Waals surface area contributed by atoms with E-state index in [1.54, 1.807) is 6.07 Å². The van der Waals surface area contributed by atoms with E-state index < -0.39 is 5.56 Å². The molecule has 0 bridgehead atoms. The minimum Gasteiger partial charge on any atom is -0.474 e. The summed E-state index contributed by atoms with van der Waals surface area (Å²) in [4.78, 5) is 16.9. The van der Waals surface area contributed by atoms with E-state index in [2.05, 4.69) is 9.97 Å². The first-order valence-corrected chi connectivity index (χ1v) is 3.72. The van der Waals surface area contributed by atoms with Crippen LogP contribution in [0, 0.1) is 11.3 Å². The molecule has 0 radical (unpaired) electrons. The van der Waals surface area contributed by atoms with Crippen LogP contribution < -0.4 is 16.0 Å². The maximum atomic E-state index is 11.1. The molecule has 1 heterocycles. The van der Waals surface area contributed by atoms with E-state index in [4.69, 9.17) is 20.8 Å². The van der Waals surface area contributed by atoms with Gasteiger partial charge in [-0.05, 0) is 0 Å². The molecule has 1 rings (SSSR count). The molecule has 4 N–H and O–H groups in total. The Morgan fingerprint density at radius 1 is 1.71 bits per heavy atom. The van der Waals surface area contributed by atoms with Gasteiger partial charge in [-0.2, -0.15) is 10.2 Å². The van der Waals surface area contributed by atoms with Crippen LogP contribution in [0.5, 0.6) is 5.88 Å². The molecule has 0 unspecified atom stereocenters. The van der Waals surface area contributed by atoms with Crippen LogP contribution >= 0.6 is 0 Å². The largest absolute Gasteiger partial charge is 0.474 e. The summed E-state index contributed by atoms with van der Waals surface area (Å²) in [5, 5.41) is 17.1. The van der Waals surface area contributed by atoms with Crippen molar-refractivity contribution in [2.45, 2.75) is 0 Å². The molecule has 0 atom stereocenters. The molecular formula is C7H8N4O3. The molecule has 7 heteroatoms. The van der Waals surface area contributed by atoms with Crippen molar-refractivity contribution in [3.63, 3.8) is 0 Å². The van der Waals surface area contributed by atoms with E-state index in [9.17, 15) is 4.79 Å². The standard InChI is InChI=1S/C7H8N4O3/c8-3-4-5(13)10-7(9)11-6(4)14-2-1-12/h12H,1-2H2,(H3,9,10,11,13). The van der Waals surface area contributed by atoms with E-state index in [0.717, 1.165) is 0 Å². The van der Waals surface area contributed by atoms with Crippen molar-refractivity contribution in [2.24, 2.45) is 0 Å². The monoisotopic (exact) mass is 196 g/mol. The molecule has 0 aliphatic carbocycles. The lowest BCUT2D eigenvalue weighted by Crippen LogP contribution is -2.17. The van der Waals surface area contributed by atoms with E-state index in [1.807, 2.05) is 0 Å². The maximum absolute atomic E-state index is 11.1. The highest BCUT2D eigenvalue weighted by atomic mass is 16.5. The van der Waals surface area contributed by atoms with Gasteiger partial charge in [-0.1, -0.05) is 0 Å². The SMILES string of the molecule is N#Cc1c(OCCO)nc(N)[nH]c1=O. The lowest BCUT2D eigenvalue weighted by molar-refractivity contribution is 0.196. The van der Waals surface area contributed by atoms with Gasteiger partial charge >= 0.3 is 0 Å². The third kappa shape index (κ3) is 1.99. The minimum atomic E-state index is -0.659. The summed E-state index contributed by atoms with van der Waals surface area (Å²) in [6, 6.07) is 1.63. The highest BCUT2D eigenvalue weighted by Crippen LogP contribution is 2.09. The first-order chi connectivity index (χ1) is 6.69. The predicted molar refractivity (Wildman–Crippen MR) is 46.6 cm³/mol. The van der Waals surface area contributed by atoms with Crippen molar-refractivity contribution >= 4 is 5.95 Å². The topological polar surface area (TPSA) is 125 Å². The van der Waals surface area contributed by atoms with Gasteiger partial charge in [-0.15, -0.1) is 0 Å². The van der Waals surface area contributed by atoms with Crippen LogP contribution in [0.3, 0.4) is 0 Å². The molecular weight excluding hydrogens is 188 g/mol. The van der Waals surface area contributed by atoms with Crippen LogP contribution in [0.1, 0.15) is 5.56 Å². The second-order valence-electron chi connectivity index (χ2n) is 2.32. The first-order valence-electron chi connectivity index (χ1n) is 3.72. The van der Waals surface area contributed by atoms with Crippen LogP contribution in [0.4, 0.5) is 5.95 Å². The average molecular weight is 196 g/mol. The molecule has 0 saturated heterocycles. The van der Waals surface area contributed by atoms with E-state index >= 15 is 0 Å². The summed E-state index contributed by atoms with van der Waals surface area (Å²) < 4.78 is 4.86. The van der Waals surface area contributed by atoms with Crippen LogP contribution in [-0.4, -0.2) is 28.3 Å². The number of hydrogen-bond donors (Lipinski definition) is 3. The zero-order chi connectivity index (χ0) is 10.6. The van der Waals surface area contributed by atoms with Crippen molar-refractivity contribution in [1.82, 2.24) is 9.97 Å². The highest BCUT2D eigenvalue weighted by Gasteiger charge is 2.10. The second kappa shape index (κ2) is 4.25. The number of ether oxygens (including phenoxy) is 1. The molecule has 1 aromatic heterocycles. The number of aromatic amines is 1. The molecule has 0 fully saturated rings. The second-order valence-corrected chi connectivity index (χ2v) is 2.32. The fourth-order valence-electron chi connectivity index (χ4n) is 0.815. The smallest absolute Gasteiger partial charge is 0.274 e. The summed E-state index contributed by atoms with van der Waals surface area (Å²) >= 11 is 0. The summed E-state index contributed by atoms with van der Waals surface area (Å²) in [5.74, 6) is -0.301. The third-order valence-electron chi connectivity index (χ3n) is 1.35. The number of hydrogen-bond acceptors (Lipinski definition) is 6. The third-order valence-corrected chi connectivity index (χ3v) is 1.35. The van der Waals surface area contributed by atoms with Gasteiger partial charge in [0.15, 0.2) is 5.56 Å². The Bertz CT molecular complexity index is 420. The Labute approximate surface area is 78.8 Å². The molecule has 74 valence electrons. The van der Waals surface area contributed by atoms with E-state index in [0.29, 0.717) is 0 Å². The number of aliphatic hydroxyl groups excluding tert-OH is 1. The molecule has 0 aromatic carbocycles. The normalized spacial score (nSPS) is 9.43. The van der Waals surface area contributed by atoms with Gasteiger partial charge in [0.05, 0.1) is 6.61 Å². The van der Waals surface area contributed by atoms with E-state index in [1.165, 1.54) is 0 Å². The molecule has 0 aliphatic heterocycles. The number of nitriles is 1. The molecule has 1 aromatic rings. The first kappa shape index (κ1) is 10.0. The van der Waals surface area contributed by atoms with Gasteiger partial charge in [0.2, 0.25) is 11.8 Å². The van der Waals surface area contributed by atoms with Crippen molar-refractivity contribution in [2.75, 3.05) is 18.9 Å². The van der Waals surface area contributed by atoms with Crippen molar-refractivity contribution < 1.29 is 9.84 Å². The van der Waals surface area contributed by atoms with Gasteiger partial charge < -0.3 is 15.6 Å². The quantitative estimate of drug-likeness (QED) is 0.545. The van der Waals surface area contributed by atoms with Crippen LogP contribution in [0.25, 0.3) is 0 Å². The van der Waals surface area contributed by atoms with Crippen LogP contribution in [0.15, 0.2) is 4.79 Å². The number of nitrogens with zero attached hydrogens (tertiary/aromatic N) is 2. The Hall–Kier alpha value is -2.07. The van der Waals surface area contributed by atoms with Gasteiger partial charge in [0, 0.05) is 0 Å². The van der Waals surface area contributed by atoms with Crippen molar-refractivity contribution in [1.29, 1.82) is 5.26 Å². The zero-order valence-corrected chi connectivity index (χ0v) is 7.15. The van der Waals surface area contributed by atoms with Gasteiger partial charge in [-0.25, -0.2) is 0 Å². The highest BCUT2D eigenvalue weighted by molar-refractivity contribution is 5.38. The van der Waals surface area contributed by atoms with Gasteiger partial charge in [0.1, 0.15) is 12.7 Å². The lowest BCUT2D eigenvalue weighted by Gasteiger charge is -2.04. The predicted octanol–water partition coefficient (Wildman–Crippen LogP) is -1.41. The number of aliphatic hydroxyl groups is 1. The van der Waals surface area contributed by atoms with E-state index in [-0.39, 0.29) is 30.6 Å². The Kier molecular flexibility index (Phi) is 3.04. The number of nitrogens with two attached hydrogens (primary N) is 1. The summed E-state index contributed by atoms with van der Waals surface area (Å²) in [5.41, 5.74) is 4.32. The molecule has 0 aliphatic rings. The molecule has 0 spiro atoms. The molecule has 7 nitrogen and oxygen atoms in total. The summed E-state index contributed by atoms with van der Waals surface area (Å²) in [7, 11) is 0. The van der Waals surface area contributed by atoms with Gasteiger partial charge in [0.25, 0.3) is 5.56 Å². The Morgan fingerprint density at radius 2 is 2.43 bits per heavy atom. The number of H-pyrrole nitrogens is 1. The summed E-state index contributed by atoms with van der Waals surface area (Å²) in [6.45, 7) is -0.288. The maximum Gasteiger partial charge on any atom is 0.274 e. The Morgan fingerprint density at radius 3 is 3.00 bits per heavy atom. The number of rotatable bonds is 3. The van der Waals surface area contributed by atoms with Crippen molar-refractivity contribution in [3.05, 3.63) is 15.9 Å². The fourth-order valence-corrected chi connectivity index (χ4v) is 0.815. The zero-order valence-electron chi connectivity index (χ0n) is 7.15. The molecule has 14 heavy (non-hydrogen) atoms. The lowest BCUT2D eigenvalue weighted by atomic mass is 10.3.